The van der Waals surface area contributed by atoms with Crippen molar-refractivity contribution >= 4 is 11.8 Å². The number of hydrogen-bond donors (Lipinski definition) is 2. The molecule has 0 spiro atoms. The van der Waals surface area contributed by atoms with Crippen molar-refractivity contribution in [2.24, 2.45) is 0 Å². The van der Waals surface area contributed by atoms with E-state index in [-0.39, 0.29) is 30.3 Å². The maximum Gasteiger partial charge on any atom is 0.222 e. The third-order valence-electron chi connectivity index (χ3n) is 3.96. The van der Waals surface area contributed by atoms with E-state index in [1.165, 1.54) is 6.92 Å². The topological polar surface area (TPSA) is 74.6 Å². The monoisotopic (exact) mass is 343 g/mol. The molecule has 0 saturated carbocycles. The first kappa shape index (κ1) is 18.7. The van der Waals surface area contributed by atoms with Gasteiger partial charge in [-0.15, -0.1) is 0 Å². The Morgan fingerprint density at radius 1 is 1.12 bits per heavy atom. The molecule has 2 atom stereocenters. The van der Waals surface area contributed by atoms with Crippen LogP contribution >= 0.6 is 0 Å². The largest absolute Gasteiger partial charge is 0.468 e. The third kappa shape index (κ3) is 5.76. The van der Waals surface area contributed by atoms with Gasteiger partial charge in [-0.3, -0.25) is 14.5 Å². The molecule has 2 aromatic rings. The lowest BCUT2D eigenvalue weighted by Gasteiger charge is -2.23. The second kappa shape index (κ2) is 9.03. The summed E-state index contributed by atoms with van der Waals surface area (Å²) in [6, 6.07) is 12.8. The molecule has 25 heavy (non-hydrogen) atoms. The minimum atomic E-state index is -0.347. The van der Waals surface area contributed by atoms with Crippen LogP contribution in [-0.4, -0.2) is 37.4 Å². The maximum atomic E-state index is 12.4. The van der Waals surface area contributed by atoms with Gasteiger partial charge in [-0.05, 0) is 31.8 Å². The minimum Gasteiger partial charge on any atom is -0.468 e. The van der Waals surface area contributed by atoms with Crippen LogP contribution in [0.1, 0.15) is 36.8 Å². The molecule has 0 aliphatic heterocycles. The predicted octanol–water partition coefficient (Wildman–Crippen LogP) is 2.27. The van der Waals surface area contributed by atoms with Crippen molar-refractivity contribution in [2.75, 3.05) is 20.6 Å². The molecule has 1 aromatic carbocycles. The van der Waals surface area contributed by atoms with Crippen molar-refractivity contribution in [1.29, 1.82) is 0 Å². The van der Waals surface area contributed by atoms with Crippen LogP contribution in [0.25, 0.3) is 0 Å². The van der Waals surface area contributed by atoms with Crippen molar-refractivity contribution in [3.63, 3.8) is 0 Å². The van der Waals surface area contributed by atoms with Gasteiger partial charge in [0.2, 0.25) is 11.8 Å². The van der Waals surface area contributed by atoms with Crippen LogP contribution in [0.3, 0.4) is 0 Å². The summed E-state index contributed by atoms with van der Waals surface area (Å²) < 4.78 is 5.44. The van der Waals surface area contributed by atoms with E-state index in [0.717, 1.165) is 11.3 Å². The van der Waals surface area contributed by atoms with E-state index >= 15 is 0 Å². The molecule has 1 heterocycles. The summed E-state index contributed by atoms with van der Waals surface area (Å²) in [6.45, 7) is 1.88. The second-order valence-corrected chi connectivity index (χ2v) is 6.17. The Labute approximate surface area is 148 Å². The lowest BCUT2D eigenvalue weighted by atomic mass is 10.0. The van der Waals surface area contributed by atoms with Gasteiger partial charge >= 0.3 is 0 Å². The van der Waals surface area contributed by atoms with Crippen LogP contribution in [0.2, 0.25) is 0 Å². The van der Waals surface area contributed by atoms with Crippen LogP contribution in [-0.2, 0) is 9.59 Å². The molecular formula is C19H25N3O3. The summed E-state index contributed by atoms with van der Waals surface area (Å²) in [7, 11) is 3.87. The summed E-state index contributed by atoms with van der Waals surface area (Å²) >= 11 is 0. The van der Waals surface area contributed by atoms with Gasteiger partial charge in [0.05, 0.1) is 24.8 Å². The molecule has 0 bridgehead atoms. The summed E-state index contributed by atoms with van der Waals surface area (Å²) in [4.78, 5) is 25.8. The summed E-state index contributed by atoms with van der Waals surface area (Å²) in [6.07, 6.45) is 1.80. The van der Waals surface area contributed by atoms with Gasteiger partial charge in [0.1, 0.15) is 5.76 Å². The molecule has 0 aliphatic carbocycles. The summed E-state index contributed by atoms with van der Waals surface area (Å²) in [5, 5.41) is 5.77. The number of likely N-dealkylation sites (N-methyl/N-ethyl adjacent to an activating group) is 1. The van der Waals surface area contributed by atoms with E-state index in [9.17, 15) is 9.59 Å². The molecular weight excluding hydrogens is 318 g/mol. The molecule has 0 aliphatic rings. The zero-order chi connectivity index (χ0) is 18.2. The molecule has 0 radical (unpaired) electrons. The quantitative estimate of drug-likeness (QED) is 0.771. The van der Waals surface area contributed by atoms with E-state index in [2.05, 4.69) is 10.6 Å². The first-order valence-electron chi connectivity index (χ1n) is 8.26. The predicted molar refractivity (Wildman–Crippen MR) is 95.8 cm³/mol. The first-order valence-corrected chi connectivity index (χ1v) is 8.26. The lowest BCUT2D eigenvalue weighted by molar-refractivity contribution is -0.123. The number of furan rings is 1. The van der Waals surface area contributed by atoms with E-state index in [4.69, 9.17) is 4.42 Å². The lowest BCUT2D eigenvalue weighted by Crippen LogP contribution is -2.37. The van der Waals surface area contributed by atoms with Crippen molar-refractivity contribution in [3.8, 4) is 0 Å². The number of nitrogens with zero attached hydrogens (tertiary/aromatic N) is 1. The second-order valence-electron chi connectivity index (χ2n) is 6.17. The minimum absolute atomic E-state index is 0.0464. The molecule has 0 unspecified atom stereocenters. The normalized spacial score (nSPS) is 13.3. The van der Waals surface area contributed by atoms with Gasteiger partial charge in [-0.25, -0.2) is 0 Å². The Kier molecular flexibility index (Phi) is 6.77. The fourth-order valence-electron chi connectivity index (χ4n) is 2.67. The third-order valence-corrected chi connectivity index (χ3v) is 3.96. The van der Waals surface area contributed by atoms with Crippen LogP contribution in [0.4, 0.5) is 0 Å². The maximum absolute atomic E-state index is 12.4. The van der Waals surface area contributed by atoms with Crippen molar-refractivity contribution in [2.45, 2.75) is 25.4 Å². The van der Waals surface area contributed by atoms with Crippen LogP contribution in [0.15, 0.2) is 53.1 Å². The molecule has 1 aromatic heterocycles. The van der Waals surface area contributed by atoms with Gasteiger partial charge in [0.15, 0.2) is 0 Å². The number of carbonyl (C=O) groups excluding carboxylic acids is 2. The van der Waals surface area contributed by atoms with Crippen LogP contribution < -0.4 is 10.6 Å². The molecule has 0 saturated heterocycles. The van der Waals surface area contributed by atoms with Crippen molar-refractivity contribution in [1.82, 2.24) is 15.5 Å². The number of amides is 2. The van der Waals surface area contributed by atoms with E-state index in [1.807, 2.05) is 61.5 Å². The molecule has 0 fully saturated rings. The molecule has 6 nitrogen and oxygen atoms in total. The Balaban J connectivity index is 1.97. The van der Waals surface area contributed by atoms with Crippen molar-refractivity contribution < 1.29 is 14.0 Å². The average Bonchev–Trinajstić information content (AvgIpc) is 3.08. The molecule has 2 rings (SSSR count). The zero-order valence-corrected chi connectivity index (χ0v) is 14.9. The van der Waals surface area contributed by atoms with Crippen LogP contribution in [0.5, 0.6) is 0 Å². The standard InChI is InChI=1S/C19H25N3O3/c1-14(23)21-16(15-8-5-4-6-9-15)12-19(24)20-13-17(22(2)3)18-10-7-11-25-18/h4-11,16-17H,12-13H2,1-3H3,(H,20,24)(H,21,23)/t16-,17+/m0/s1. The van der Waals surface area contributed by atoms with Crippen LogP contribution in [0, 0.1) is 0 Å². The SMILES string of the molecule is CC(=O)N[C@@H](CC(=O)NC[C@H](c1ccco1)N(C)C)c1ccccc1. The highest BCUT2D eigenvalue weighted by atomic mass is 16.3. The number of rotatable bonds is 8. The van der Waals surface area contributed by atoms with Gasteiger partial charge in [0.25, 0.3) is 0 Å². The van der Waals surface area contributed by atoms with Gasteiger partial charge in [-0.2, -0.15) is 0 Å². The highest BCUT2D eigenvalue weighted by Gasteiger charge is 2.20. The van der Waals surface area contributed by atoms with E-state index < -0.39 is 0 Å². The average molecular weight is 343 g/mol. The Morgan fingerprint density at radius 2 is 1.84 bits per heavy atom. The summed E-state index contributed by atoms with van der Waals surface area (Å²) in [5.74, 6) is 0.510. The van der Waals surface area contributed by atoms with Gasteiger partial charge < -0.3 is 15.1 Å². The van der Waals surface area contributed by atoms with Gasteiger partial charge in [0, 0.05) is 13.5 Å². The number of benzene rings is 1. The zero-order valence-electron chi connectivity index (χ0n) is 14.9. The molecule has 6 heteroatoms. The fourth-order valence-corrected chi connectivity index (χ4v) is 2.67. The summed E-state index contributed by atoms with van der Waals surface area (Å²) in [5.41, 5.74) is 0.906. The Morgan fingerprint density at radius 3 is 2.40 bits per heavy atom. The number of carbonyl (C=O) groups is 2. The highest BCUT2D eigenvalue weighted by Crippen LogP contribution is 2.19. The van der Waals surface area contributed by atoms with E-state index in [1.54, 1.807) is 6.26 Å². The molecule has 2 amide bonds. The first-order chi connectivity index (χ1) is 12.0. The molecule has 2 N–H and O–H groups in total. The highest BCUT2D eigenvalue weighted by molar-refractivity contribution is 5.79. The number of hydrogen-bond acceptors (Lipinski definition) is 4. The molecule has 134 valence electrons. The van der Waals surface area contributed by atoms with Gasteiger partial charge in [-0.1, -0.05) is 30.3 Å². The van der Waals surface area contributed by atoms with E-state index in [0.29, 0.717) is 6.54 Å². The number of nitrogens with one attached hydrogen (secondary N) is 2. The smallest absolute Gasteiger partial charge is 0.222 e. The Hall–Kier alpha value is -2.60. The van der Waals surface area contributed by atoms with Crippen molar-refractivity contribution in [3.05, 3.63) is 60.1 Å². The fraction of sp³-hybridized carbons (Fsp3) is 0.368. The Bertz CT molecular complexity index is 668.